The van der Waals surface area contributed by atoms with Gasteiger partial charge in [-0.2, -0.15) is 18.3 Å². The van der Waals surface area contributed by atoms with Gasteiger partial charge in [0.25, 0.3) is 0 Å². The molecule has 0 unspecified atom stereocenters. The van der Waals surface area contributed by atoms with Gasteiger partial charge in [0, 0.05) is 17.7 Å². The number of anilines is 3. The minimum Gasteiger partial charge on any atom is -0.383 e. The van der Waals surface area contributed by atoms with Gasteiger partial charge in [-0.25, -0.2) is 28.2 Å². The Kier molecular flexibility index (Phi) is 4.90. The third-order valence-electron chi connectivity index (χ3n) is 6.50. The summed E-state index contributed by atoms with van der Waals surface area (Å²) in [5.74, 6) is -2.24. The first kappa shape index (κ1) is 23.1. The highest BCUT2D eigenvalue weighted by Gasteiger charge is 2.66. The number of carbonyl (C=O) groups excluding carboxylic acids is 1. The van der Waals surface area contributed by atoms with E-state index >= 15 is 4.39 Å². The molecule has 0 spiro atoms. The lowest BCUT2D eigenvalue weighted by Crippen LogP contribution is -2.28. The van der Waals surface area contributed by atoms with E-state index < -0.39 is 34.9 Å². The van der Waals surface area contributed by atoms with Crippen molar-refractivity contribution in [1.82, 2.24) is 24.9 Å². The first-order chi connectivity index (χ1) is 17.6. The molecule has 0 radical (unpaired) electrons. The first-order valence-corrected chi connectivity index (χ1v) is 11.2. The van der Waals surface area contributed by atoms with Gasteiger partial charge in [0.05, 0.1) is 17.1 Å². The summed E-state index contributed by atoms with van der Waals surface area (Å²) in [7, 11) is 0. The molecule has 3 heterocycles. The fourth-order valence-corrected chi connectivity index (χ4v) is 4.22. The fourth-order valence-electron chi connectivity index (χ4n) is 4.22. The van der Waals surface area contributed by atoms with Gasteiger partial charge in [-0.3, -0.25) is 5.32 Å². The van der Waals surface area contributed by atoms with E-state index in [-0.39, 0.29) is 52.9 Å². The first-order valence-electron chi connectivity index (χ1n) is 11.2. The molecule has 2 aliphatic rings. The lowest BCUT2D eigenvalue weighted by Gasteiger charge is -2.15. The van der Waals surface area contributed by atoms with E-state index in [1.807, 2.05) is 0 Å². The number of rotatable bonds is 5. The second kappa shape index (κ2) is 7.85. The van der Waals surface area contributed by atoms with Crippen LogP contribution in [0.4, 0.5) is 44.1 Å². The van der Waals surface area contributed by atoms with Gasteiger partial charge in [0.15, 0.2) is 5.65 Å². The molecule has 4 N–H and O–H groups in total. The molecule has 6 rings (SSSR count). The van der Waals surface area contributed by atoms with E-state index in [0.717, 1.165) is 31.0 Å². The van der Waals surface area contributed by atoms with Gasteiger partial charge < -0.3 is 15.6 Å². The second-order valence-corrected chi connectivity index (χ2v) is 9.03. The van der Waals surface area contributed by atoms with Crippen LogP contribution in [0.25, 0.3) is 22.3 Å². The molecule has 2 saturated carbocycles. The average Bonchev–Trinajstić information content (AvgIpc) is 3.75. The Morgan fingerprint density at radius 3 is 2.54 bits per heavy atom. The zero-order valence-corrected chi connectivity index (χ0v) is 18.7. The van der Waals surface area contributed by atoms with Crippen molar-refractivity contribution in [3.05, 3.63) is 41.9 Å². The molecule has 2 fully saturated rings. The number of benzene rings is 1. The predicted octanol–water partition coefficient (Wildman–Crippen LogP) is 4.91. The number of nitrogen functional groups attached to an aromatic ring is 1. The van der Waals surface area contributed by atoms with Gasteiger partial charge in [0.2, 0.25) is 5.88 Å². The molecule has 4 aromatic rings. The van der Waals surface area contributed by atoms with Crippen molar-refractivity contribution in [3.8, 4) is 11.3 Å². The zero-order valence-electron chi connectivity index (χ0n) is 18.7. The Morgan fingerprint density at radius 1 is 1.11 bits per heavy atom. The summed E-state index contributed by atoms with van der Waals surface area (Å²) in [5, 5.41) is 12.3. The number of hydrogen-bond acceptors (Lipinski definition) is 7. The highest BCUT2D eigenvalue weighted by Crippen LogP contribution is 2.58. The van der Waals surface area contributed by atoms with Crippen LogP contribution in [0.5, 0.6) is 0 Å². The summed E-state index contributed by atoms with van der Waals surface area (Å²) < 4.78 is 76.2. The quantitative estimate of drug-likeness (QED) is 0.318. The zero-order chi connectivity index (χ0) is 26.1. The highest BCUT2D eigenvalue weighted by atomic mass is 19.4. The topological polar surface area (TPSA) is 137 Å². The third kappa shape index (κ3) is 3.81. The Balaban J connectivity index is 1.24. The number of carbonyl (C=O) groups is 1. The summed E-state index contributed by atoms with van der Waals surface area (Å²) in [6, 6.07) is 1.55. The summed E-state index contributed by atoms with van der Waals surface area (Å²) in [6.07, 6.45) is -1.81. The number of hydrogen-bond donors (Lipinski definition) is 3. The van der Waals surface area contributed by atoms with Gasteiger partial charge in [-0.05, 0) is 31.7 Å². The van der Waals surface area contributed by atoms with E-state index in [0.29, 0.717) is 5.65 Å². The van der Waals surface area contributed by atoms with Crippen LogP contribution < -0.4 is 16.4 Å². The van der Waals surface area contributed by atoms with E-state index in [1.165, 1.54) is 6.33 Å². The molecule has 0 atom stereocenters. The van der Waals surface area contributed by atoms with Crippen LogP contribution in [0.15, 0.2) is 29.0 Å². The molecule has 37 heavy (non-hydrogen) atoms. The molecule has 192 valence electrons. The standard InChI is InChI=1S/C22H17F5N8O2/c23-11-6-13(31-20(36)32-15-7-14(34-37-15)21(3-4-21)22(25,26)27)12(24)5-10(11)17-16-18(28)29-8-30-19(16)35(33-17)9-1-2-9/h5-9H,1-4H2,(H2,28,29,30)(H2,31,32,36). The van der Waals surface area contributed by atoms with Crippen LogP contribution in [0.3, 0.4) is 0 Å². The lowest BCUT2D eigenvalue weighted by atomic mass is 10.0. The second-order valence-electron chi connectivity index (χ2n) is 9.03. The largest absolute Gasteiger partial charge is 0.400 e. The maximum atomic E-state index is 15.1. The molecule has 2 aliphatic carbocycles. The van der Waals surface area contributed by atoms with Gasteiger partial charge in [-0.1, -0.05) is 5.16 Å². The van der Waals surface area contributed by atoms with Crippen molar-refractivity contribution in [2.24, 2.45) is 0 Å². The Morgan fingerprint density at radius 2 is 1.86 bits per heavy atom. The molecule has 10 nitrogen and oxygen atoms in total. The molecular weight excluding hydrogens is 503 g/mol. The Labute approximate surface area is 204 Å². The highest BCUT2D eigenvalue weighted by molar-refractivity contribution is 6.00. The van der Waals surface area contributed by atoms with Gasteiger partial charge >= 0.3 is 12.2 Å². The van der Waals surface area contributed by atoms with Gasteiger partial charge in [0.1, 0.15) is 40.6 Å². The number of aromatic nitrogens is 5. The minimum absolute atomic E-state index is 0.0539. The number of nitrogens with two attached hydrogens (primary N) is 1. The van der Waals surface area contributed by atoms with Crippen LogP contribution in [-0.2, 0) is 5.41 Å². The van der Waals surface area contributed by atoms with Gasteiger partial charge in [-0.15, -0.1) is 0 Å². The number of nitrogens with one attached hydrogen (secondary N) is 2. The maximum Gasteiger partial charge on any atom is 0.400 e. The van der Waals surface area contributed by atoms with E-state index in [1.54, 1.807) is 4.68 Å². The molecule has 0 bridgehead atoms. The molecule has 1 aromatic carbocycles. The Bertz CT molecular complexity index is 1550. The van der Waals surface area contributed by atoms with Crippen molar-refractivity contribution < 1.29 is 31.3 Å². The van der Waals surface area contributed by atoms with Crippen molar-refractivity contribution in [3.63, 3.8) is 0 Å². The summed E-state index contributed by atoms with van der Waals surface area (Å²) >= 11 is 0. The van der Waals surface area contributed by atoms with Crippen LogP contribution in [0.1, 0.15) is 37.4 Å². The molecule has 2 amide bonds. The SMILES string of the molecule is Nc1ncnc2c1c(-c1cc(F)c(NC(=O)Nc3cc(C4(C(F)(F)F)CC4)no3)cc1F)nn2C1CC1. The van der Waals surface area contributed by atoms with Crippen molar-refractivity contribution in [2.45, 2.75) is 43.3 Å². The number of urea groups is 1. The summed E-state index contributed by atoms with van der Waals surface area (Å²) in [4.78, 5) is 20.4. The molecule has 0 saturated heterocycles. The average molecular weight is 520 g/mol. The monoisotopic (exact) mass is 520 g/mol. The maximum absolute atomic E-state index is 15.1. The van der Waals surface area contributed by atoms with Crippen LogP contribution >= 0.6 is 0 Å². The van der Waals surface area contributed by atoms with Crippen molar-refractivity contribution >= 4 is 34.5 Å². The molecule has 0 aliphatic heterocycles. The minimum atomic E-state index is -4.51. The van der Waals surface area contributed by atoms with E-state index in [9.17, 15) is 22.4 Å². The molecule has 15 heteroatoms. The van der Waals surface area contributed by atoms with E-state index in [2.05, 4.69) is 30.9 Å². The lowest BCUT2D eigenvalue weighted by molar-refractivity contribution is -0.161. The normalized spacial score (nSPS) is 16.7. The van der Waals surface area contributed by atoms with E-state index in [4.69, 9.17) is 10.3 Å². The fraction of sp³-hybridized carbons (Fsp3) is 0.318. The van der Waals surface area contributed by atoms with Crippen LogP contribution in [-0.4, -0.2) is 37.1 Å². The Hall–Kier alpha value is -4.30. The van der Waals surface area contributed by atoms with Crippen LogP contribution in [0.2, 0.25) is 0 Å². The van der Waals surface area contributed by atoms with Crippen molar-refractivity contribution in [2.75, 3.05) is 16.4 Å². The number of alkyl halides is 3. The number of halogens is 5. The number of fused-ring (bicyclic) bond motifs is 1. The van der Waals surface area contributed by atoms with Crippen molar-refractivity contribution in [1.29, 1.82) is 0 Å². The number of nitrogens with zero attached hydrogens (tertiary/aromatic N) is 5. The smallest absolute Gasteiger partial charge is 0.383 e. The summed E-state index contributed by atoms with van der Waals surface area (Å²) in [5.41, 5.74) is 3.24. The third-order valence-corrected chi connectivity index (χ3v) is 6.50. The van der Waals surface area contributed by atoms with Crippen LogP contribution in [0, 0.1) is 11.6 Å². The summed E-state index contributed by atoms with van der Waals surface area (Å²) in [6.45, 7) is 0. The number of amides is 2. The molecular formula is C22H17F5N8O2. The predicted molar refractivity (Wildman–Crippen MR) is 119 cm³/mol. The molecule has 3 aromatic heterocycles.